The van der Waals surface area contributed by atoms with Crippen LogP contribution in [0.5, 0.6) is 0 Å². The lowest BCUT2D eigenvalue weighted by Gasteiger charge is -2.10. The predicted octanol–water partition coefficient (Wildman–Crippen LogP) is 2.05. The molecule has 0 radical (unpaired) electrons. The first kappa shape index (κ1) is 12.6. The van der Waals surface area contributed by atoms with Gasteiger partial charge >= 0.3 is 0 Å². The van der Waals surface area contributed by atoms with Crippen LogP contribution in [-0.2, 0) is 0 Å². The topological polar surface area (TPSA) is 104 Å². The number of nitrogens with two attached hydrogens (primary N) is 1. The summed E-state index contributed by atoms with van der Waals surface area (Å²) in [5.74, 6) is 0. The molecule has 0 atom stereocenters. The second kappa shape index (κ2) is 4.62. The summed E-state index contributed by atoms with van der Waals surface area (Å²) in [6.45, 7) is 1.88. The molecule has 2 N–H and O–H groups in total. The summed E-state index contributed by atoms with van der Waals surface area (Å²) in [5, 5.41) is 19.9. The van der Waals surface area contributed by atoms with Gasteiger partial charge in [0.2, 0.25) is 0 Å². The lowest BCUT2D eigenvalue weighted by atomic mass is 10.1. The summed E-state index contributed by atoms with van der Waals surface area (Å²) >= 11 is 0. The Morgan fingerprint density at radius 1 is 1.14 bits per heavy atom. The molecule has 100 valence electrons. The van der Waals surface area contributed by atoms with Crippen LogP contribution in [0.15, 0.2) is 30.7 Å². The second-order valence-corrected chi connectivity index (χ2v) is 4.58. The fraction of sp³-hybridized carbons (Fsp3) is 0.0667. The molecule has 0 aliphatic carbocycles. The van der Waals surface area contributed by atoms with E-state index in [4.69, 9.17) is 11.0 Å². The number of nitriles is 2. The number of nitrogens with zero attached hydrogens (tertiary/aromatic N) is 5. The predicted molar refractivity (Wildman–Crippen MR) is 77.4 cm³/mol. The van der Waals surface area contributed by atoms with Crippen LogP contribution in [0.25, 0.3) is 16.5 Å². The SMILES string of the molecule is Cc1cc2c(-n3cnc(C#N)c3C#N)ccc(N)c2cn1. The number of anilines is 1. The van der Waals surface area contributed by atoms with E-state index in [1.54, 1.807) is 22.9 Å². The van der Waals surface area contributed by atoms with Gasteiger partial charge in [-0.2, -0.15) is 10.5 Å². The zero-order chi connectivity index (χ0) is 15.0. The van der Waals surface area contributed by atoms with Gasteiger partial charge < -0.3 is 5.73 Å². The number of pyridine rings is 1. The summed E-state index contributed by atoms with van der Waals surface area (Å²) in [7, 11) is 0. The standard InChI is InChI=1S/C15H10N6/c1-9-4-10-11(7-19-9)12(18)2-3-14(10)21-8-20-13(5-16)15(21)6-17/h2-4,7-8H,18H2,1H3. The normalized spacial score (nSPS) is 10.2. The molecule has 3 aromatic rings. The number of imidazole rings is 1. The van der Waals surface area contributed by atoms with Gasteiger partial charge in [-0.15, -0.1) is 0 Å². The maximum Gasteiger partial charge on any atom is 0.177 e. The van der Waals surface area contributed by atoms with E-state index in [0.717, 1.165) is 22.2 Å². The van der Waals surface area contributed by atoms with Crippen molar-refractivity contribution in [3.8, 4) is 17.8 Å². The molecule has 6 heteroatoms. The highest BCUT2D eigenvalue weighted by Gasteiger charge is 2.14. The van der Waals surface area contributed by atoms with Gasteiger partial charge in [0.25, 0.3) is 0 Å². The average Bonchev–Trinajstić information content (AvgIpc) is 2.90. The van der Waals surface area contributed by atoms with Gasteiger partial charge in [-0.05, 0) is 25.1 Å². The summed E-state index contributed by atoms with van der Waals surface area (Å²) in [6, 6.07) is 9.39. The quantitative estimate of drug-likeness (QED) is 0.684. The van der Waals surface area contributed by atoms with Crippen molar-refractivity contribution in [1.29, 1.82) is 10.5 Å². The van der Waals surface area contributed by atoms with Gasteiger partial charge in [0.05, 0.1) is 5.69 Å². The second-order valence-electron chi connectivity index (χ2n) is 4.58. The molecule has 1 aromatic carbocycles. The summed E-state index contributed by atoms with van der Waals surface area (Å²) in [4.78, 5) is 8.21. The van der Waals surface area contributed by atoms with Crippen LogP contribution in [0, 0.1) is 29.6 Å². The van der Waals surface area contributed by atoms with Crippen molar-refractivity contribution in [3.63, 3.8) is 0 Å². The Morgan fingerprint density at radius 2 is 1.95 bits per heavy atom. The summed E-state index contributed by atoms with van der Waals surface area (Å²) < 4.78 is 1.60. The molecule has 0 aliphatic rings. The van der Waals surface area contributed by atoms with Crippen LogP contribution in [0.2, 0.25) is 0 Å². The lowest BCUT2D eigenvalue weighted by Crippen LogP contribution is -2.00. The Hall–Kier alpha value is -3.38. The zero-order valence-corrected chi connectivity index (χ0v) is 11.2. The van der Waals surface area contributed by atoms with Crippen molar-refractivity contribution in [2.24, 2.45) is 0 Å². The number of aryl methyl sites for hydroxylation is 1. The van der Waals surface area contributed by atoms with Gasteiger partial charge in [-0.25, -0.2) is 4.98 Å². The number of aromatic nitrogens is 3. The van der Waals surface area contributed by atoms with Crippen molar-refractivity contribution in [3.05, 3.63) is 47.8 Å². The third-order valence-corrected chi connectivity index (χ3v) is 3.29. The molecular weight excluding hydrogens is 264 g/mol. The van der Waals surface area contributed by atoms with E-state index in [1.807, 2.05) is 25.1 Å². The summed E-state index contributed by atoms with van der Waals surface area (Å²) in [5.41, 5.74) is 8.48. The first-order valence-corrected chi connectivity index (χ1v) is 6.18. The van der Waals surface area contributed by atoms with E-state index in [9.17, 15) is 5.26 Å². The third kappa shape index (κ3) is 1.87. The van der Waals surface area contributed by atoms with Crippen LogP contribution in [0.4, 0.5) is 5.69 Å². The van der Waals surface area contributed by atoms with E-state index in [-0.39, 0.29) is 11.4 Å². The number of fused-ring (bicyclic) bond motifs is 1. The van der Waals surface area contributed by atoms with Gasteiger partial charge in [-0.1, -0.05) is 0 Å². The minimum atomic E-state index is 0.105. The van der Waals surface area contributed by atoms with Crippen LogP contribution >= 0.6 is 0 Å². The monoisotopic (exact) mass is 274 g/mol. The highest BCUT2D eigenvalue weighted by Crippen LogP contribution is 2.28. The van der Waals surface area contributed by atoms with Crippen molar-refractivity contribution in [2.75, 3.05) is 5.73 Å². The maximum absolute atomic E-state index is 9.26. The Morgan fingerprint density at radius 3 is 2.67 bits per heavy atom. The van der Waals surface area contributed by atoms with E-state index >= 15 is 0 Å². The first-order valence-electron chi connectivity index (χ1n) is 6.18. The number of hydrogen-bond acceptors (Lipinski definition) is 5. The van der Waals surface area contributed by atoms with E-state index < -0.39 is 0 Å². The molecule has 6 nitrogen and oxygen atoms in total. The molecule has 2 aromatic heterocycles. The number of nitrogen functional groups attached to an aromatic ring is 1. The average molecular weight is 274 g/mol. The minimum Gasteiger partial charge on any atom is -0.398 e. The van der Waals surface area contributed by atoms with Crippen molar-refractivity contribution in [1.82, 2.24) is 14.5 Å². The highest BCUT2D eigenvalue weighted by atomic mass is 15.1. The minimum absolute atomic E-state index is 0.105. The van der Waals surface area contributed by atoms with Crippen LogP contribution in [0.3, 0.4) is 0 Å². The van der Waals surface area contributed by atoms with Gasteiger partial charge in [0.1, 0.15) is 18.5 Å². The fourth-order valence-corrected chi connectivity index (χ4v) is 2.28. The molecule has 0 spiro atoms. The Bertz CT molecular complexity index is 939. The Balaban J connectivity index is 2.40. The number of benzene rings is 1. The van der Waals surface area contributed by atoms with Gasteiger partial charge in [0, 0.05) is 28.4 Å². The van der Waals surface area contributed by atoms with E-state index in [1.165, 1.54) is 6.33 Å². The molecule has 21 heavy (non-hydrogen) atoms. The van der Waals surface area contributed by atoms with Crippen molar-refractivity contribution >= 4 is 16.5 Å². The molecular formula is C15H10N6. The van der Waals surface area contributed by atoms with E-state index in [0.29, 0.717) is 5.69 Å². The maximum atomic E-state index is 9.26. The Labute approximate surface area is 120 Å². The number of rotatable bonds is 1. The molecule has 2 heterocycles. The number of hydrogen-bond donors (Lipinski definition) is 1. The van der Waals surface area contributed by atoms with Gasteiger partial charge in [-0.3, -0.25) is 9.55 Å². The molecule has 0 saturated carbocycles. The lowest BCUT2D eigenvalue weighted by molar-refractivity contribution is 1.04. The molecule has 0 saturated heterocycles. The molecule has 0 bridgehead atoms. The Kier molecular flexibility index (Phi) is 2.78. The van der Waals surface area contributed by atoms with Crippen molar-refractivity contribution < 1.29 is 0 Å². The molecule has 0 aliphatic heterocycles. The summed E-state index contributed by atoms with van der Waals surface area (Å²) in [6.07, 6.45) is 3.18. The molecule has 3 rings (SSSR count). The molecule has 0 fully saturated rings. The highest BCUT2D eigenvalue weighted by molar-refractivity contribution is 5.98. The molecule has 0 unspecified atom stereocenters. The van der Waals surface area contributed by atoms with E-state index in [2.05, 4.69) is 9.97 Å². The largest absolute Gasteiger partial charge is 0.398 e. The first-order chi connectivity index (χ1) is 10.2. The van der Waals surface area contributed by atoms with Crippen LogP contribution in [-0.4, -0.2) is 14.5 Å². The van der Waals surface area contributed by atoms with Crippen LogP contribution in [0.1, 0.15) is 17.1 Å². The third-order valence-electron chi connectivity index (χ3n) is 3.29. The van der Waals surface area contributed by atoms with Gasteiger partial charge in [0.15, 0.2) is 11.4 Å². The fourth-order valence-electron chi connectivity index (χ4n) is 2.28. The molecule has 0 amide bonds. The van der Waals surface area contributed by atoms with Crippen molar-refractivity contribution in [2.45, 2.75) is 6.92 Å². The van der Waals surface area contributed by atoms with Crippen LogP contribution < -0.4 is 5.73 Å². The zero-order valence-electron chi connectivity index (χ0n) is 11.2. The smallest absolute Gasteiger partial charge is 0.177 e.